The summed E-state index contributed by atoms with van der Waals surface area (Å²) in [5.74, 6) is 0.839. The third kappa shape index (κ3) is 3.79. The van der Waals surface area contributed by atoms with E-state index in [2.05, 4.69) is 20.6 Å². The summed E-state index contributed by atoms with van der Waals surface area (Å²) in [6, 6.07) is 14.3. The van der Waals surface area contributed by atoms with Gasteiger partial charge in [0.1, 0.15) is 5.75 Å². The van der Waals surface area contributed by atoms with Crippen molar-refractivity contribution in [2.75, 3.05) is 33.3 Å². The number of aromatic amines is 1. The van der Waals surface area contributed by atoms with Crippen LogP contribution >= 0.6 is 0 Å². The second kappa shape index (κ2) is 8.09. The van der Waals surface area contributed by atoms with E-state index in [9.17, 15) is 9.59 Å². The normalized spacial score (nSPS) is 14.0. The van der Waals surface area contributed by atoms with E-state index in [1.54, 1.807) is 59.4 Å². The Hall–Kier alpha value is -3.75. The molecule has 1 saturated heterocycles. The fourth-order valence-corrected chi connectivity index (χ4v) is 3.36. The van der Waals surface area contributed by atoms with Gasteiger partial charge in [-0.05, 0) is 29.5 Å². The van der Waals surface area contributed by atoms with Gasteiger partial charge in [-0.25, -0.2) is 0 Å². The fraction of sp³-hybridized carbons (Fsp3) is 0.250. The van der Waals surface area contributed by atoms with Crippen LogP contribution < -0.4 is 4.74 Å². The van der Waals surface area contributed by atoms with Crippen molar-refractivity contribution >= 4 is 11.8 Å². The Balaban J connectivity index is 1.45. The third-order valence-electron chi connectivity index (χ3n) is 4.91. The number of nitrogens with one attached hydrogen (secondary N) is 1. The van der Waals surface area contributed by atoms with Gasteiger partial charge < -0.3 is 14.5 Å². The van der Waals surface area contributed by atoms with E-state index in [1.165, 1.54) is 0 Å². The molecular weight excluding hydrogens is 372 g/mol. The monoisotopic (exact) mass is 392 g/mol. The first kappa shape index (κ1) is 18.6. The molecule has 0 saturated carbocycles. The van der Waals surface area contributed by atoms with Gasteiger partial charge in [-0.15, -0.1) is 10.2 Å². The van der Waals surface area contributed by atoms with Crippen molar-refractivity contribution in [1.82, 2.24) is 30.4 Å². The van der Waals surface area contributed by atoms with Gasteiger partial charge in [0.05, 0.1) is 12.7 Å². The lowest BCUT2D eigenvalue weighted by Crippen LogP contribution is -2.50. The summed E-state index contributed by atoms with van der Waals surface area (Å²) < 4.78 is 5.19. The fourth-order valence-electron chi connectivity index (χ4n) is 3.36. The first-order chi connectivity index (χ1) is 14.2. The molecular formula is C20H20N6O3. The maximum absolute atomic E-state index is 13.1. The summed E-state index contributed by atoms with van der Waals surface area (Å²) in [5.41, 5.74) is 1.72. The van der Waals surface area contributed by atoms with Crippen molar-refractivity contribution in [1.29, 1.82) is 0 Å². The van der Waals surface area contributed by atoms with Crippen molar-refractivity contribution in [3.63, 3.8) is 0 Å². The highest BCUT2D eigenvalue weighted by Gasteiger charge is 2.27. The van der Waals surface area contributed by atoms with Crippen molar-refractivity contribution in [2.24, 2.45) is 0 Å². The number of benzene rings is 2. The van der Waals surface area contributed by atoms with Gasteiger partial charge in [-0.3, -0.25) is 9.59 Å². The van der Waals surface area contributed by atoms with Crippen LogP contribution in [0, 0.1) is 0 Å². The summed E-state index contributed by atoms with van der Waals surface area (Å²) in [4.78, 5) is 29.3. The second-order valence-electron chi connectivity index (χ2n) is 6.60. The van der Waals surface area contributed by atoms with Crippen molar-refractivity contribution < 1.29 is 14.3 Å². The van der Waals surface area contributed by atoms with E-state index >= 15 is 0 Å². The zero-order chi connectivity index (χ0) is 20.2. The number of hydrogen-bond donors (Lipinski definition) is 1. The van der Waals surface area contributed by atoms with E-state index in [0.717, 1.165) is 0 Å². The number of hydrogen-bond acceptors (Lipinski definition) is 6. The SMILES string of the molecule is COc1cccc(C(=O)N2CCN(C(=O)c3ccccc3-c3nn[nH]n3)CC2)c1. The molecule has 9 heteroatoms. The molecule has 1 aliphatic rings. The smallest absolute Gasteiger partial charge is 0.254 e. The predicted octanol–water partition coefficient (Wildman–Crippen LogP) is 1.47. The molecule has 9 nitrogen and oxygen atoms in total. The number of ether oxygens (including phenoxy) is 1. The summed E-state index contributed by atoms with van der Waals surface area (Å²) in [5, 5.41) is 13.9. The van der Waals surface area contributed by atoms with E-state index in [4.69, 9.17) is 4.74 Å². The molecule has 0 radical (unpaired) electrons. The Bertz CT molecular complexity index is 1010. The summed E-state index contributed by atoms with van der Waals surface area (Å²) in [6.07, 6.45) is 0. The van der Waals surface area contributed by atoms with Gasteiger partial charge in [0.25, 0.3) is 11.8 Å². The molecule has 29 heavy (non-hydrogen) atoms. The Morgan fingerprint density at radius 2 is 1.69 bits per heavy atom. The predicted molar refractivity (Wildman–Crippen MR) is 104 cm³/mol. The number of nitrogens with zero attached hydrogens (tertiary/aromatic N) is 5. The number of methoxy groups -OCH3 is 1. The minimum Gasteiger partial charge on any atom is -0.497 e. The van der Waals surface area contributed by atoms with Gasteiger partial charge in [0.2, 0.25) is 5.82 Å². The molecule has 2 heterocycles. The number of tetrazole rings is 1. The van der Waals surface area contributed by atoms with Gasteiger partial charge in [0, 0.05) is 37.3 Å². The highest BCUT2D eigenvalue weighted by Crippen LogP contribution is 2.22. The number of carbonyl (C=O) groups is 2. The molecule has 0 bridgehead atoms. The average Bonchev–Trinajstić information content (AvgIpc) is 3.33. The van der Waals surface area contributed by atoms with Crippen LogP contribution in [0.25, 0.3) is 11.4 Å². The number of rotatable bonds is 4. The maximum Gasteiger partial charge on any atom is 0.254 e. The Labute approximate surface area is 167 Å². The standard InChI is InChI=1S/C20H20N6O3/c1-29-15-6-4-5-14(13-15)19(27)25-9-11-26(12-10-25)20(28)17-8-3-2-7-16(17)18-21-23-24-22-18/h2-8,13H,9-12H2,1H3,(H,21,22,23,24). The largest absolute Gasteiger partial charge is 0.497 e. The van der Waals surface area contributed by atoms with Gasteiger partial charge in [-0.2, -0.15) is 5.21 Å². The average molecular weight is 392 g/mol. The lowest BCUT2D eigenvalue weighted by atomic mass is 10.1. The second-order valence-corrected chi connectivity index (χ2v) is 6.60. The molecule has 1 N–H and O–H groups in total. The molecule has 0 atom stereocenters. The van der Waals surface area contributed by atoms with Crippen LogP contribution in [0.5, 0.6) is 5.75 Å². The maximum atomic E-state index is 13.1. The number of aromatic nitrogens is 4. The summed E-state index contributed by atoms with van der Waals surface area (Å²) in [6.45, 7) is 1.84. The van der Waals surface area contributed by atoms with Crippen LogP contribution in [0.2, 0.25) is 0 Å². The number of piperazine rings is 1. The van der Waals surface area contributed by atoms with Crippen LogP contribution in [0.1, 0.15) is 20.7 Å². The van der Waals surface area contributed by atoms with E-state index in [1.807, 2.05) is 6.07 Å². The first-order valence-electron chi connectivity index (χ1n) is 9.23. The van der Waals surface area contributed by atoms with Gasteiger partial charge in [-0.1, -0.05) is 24.3 Å². The van der Waals surface area contributed by atoms with Crippen LogP contribution in [-0.2, 0) is 0 Å². The topological polar surface area (TPSA) is 104 Å². The molecule has 4 rings (SSSR count). The Kier molecular flexibility index (Phi) is 5.19. The zero-order valence-electron chi connectivity index (χ0n) is 15.9. The van der Waals surface area contributed by atoms with E-state index < -0.39 is 0 Å². The minimum absolute atomic E-state index is 0.0665. The van der Waals surface area contributed by atoms with E-state index in [-0.39, 0.29) is 11.8 Å². The number of H-pyrrole nitrogens is 1. The Morgan fingerprint density at radius 1 is 0.966 bits per heavy atom. The van der Waals surface area contributed by atoms with Crippen molar-refractivity contribution in [3.8, 4) is 17.1 Å². The van der Waals surface area contributed by atoms with Crippen LogP contribution in [0.3, 0.4) is 0 Å². The molecule has 1 fully saturated rings. The van der Waals surface area contributed by atoms with E-state index in [0.29, 0.717) is 54.4 Å². The highest BCUT2D eigenvalue weighted by molar-refractivity contribution is 6.00. The van der Waals surface area contributed by atoms with Crippen LogP contribution in [0.15, 0.2) is 48.5 Å². The lowest BCUT2D eigenvalue weighted by molar-refractivity contribution is 0.0535. The third-order valence-corrected chi connectivity index (χ3v) is 4.91. The molecule has 0 unspecified atom stereocenters. The molecule has 3 aromatic rings. The highest BCUT2D eigenvalue weighted by atomic mass is 16.5. The molecule has 2 amide bonds. The first-order valence-corrected chi connectivity index (χ1v) is 9.23. The Morgan fingerprint density at radius 3 is 2.38 bits per heavy atom. The molecule has 2 aromatic carbocycles. The summed E-state index contributed by atoms with van der Waals surface area (Å²) in [7, 11) is 1.57. The number of amides is 2. The molecule has 148 valence electrons. The lowest BCUT2D eigenvalue weighted by Gasteiger charge is -2.35. The minimum atomic E-state index is -0.112. The molecule has 0 aliphatic carbocycles. The molecule has 1 aliphatic heterocycles. The quantitative estimate of drug-likeness (QED) is 0.721. The van der Waals surface area contributed by atoms with Crippen LogP contribution in [-0.4, -0.2) is 75.5 Å². The van der Waals surface area contributed by atoms with Gasteiger partial charge >= 0.3 is 0 Å². The molecule has 1 aromatic heterocycles. The van der Waals surface area contributed by atoms with Gasteiger partial charge in [0.15, 0.2) is 0 Å². The van der Waals surface area contributed by atoms with Crippen molar-refractivity contribution in [2.45, 2.75) is 0 Å². The molecule has 0 spiro atoms. The van der Waals surface area contributed by atoms with Crippen molar-refractivity contribution in [3.05, 3.63) is 59.7 Å². The summed E-state index contributed by atoms with van der Waals surface area (Å²) >= 11 is 0. The zero-order valence-corrected chi connectivity index (χ0v) is 15.9. The number of carbonyl (C=O) groups excluding carboxylic acids is 2. The van der Waals surface area contributed by atoms with Crippen LogP contribution in [0.4, 0.5) is 0 Å².